The minimum absolute atomic E-state index is 0.0860. The summed E-state index contributed by atoms with van der Waals surface area (Å²) in [7, 11) is 3.65. The van der Waals surface area contributed by atoms with Gasteiger partial charge in [0.2, 0.25) is 5.95 Å². The first kappa shape index (κ1) is 18.6. The van der Waals surface area contributed by atoms with Crippen LogP contribution in [0.3, 0.4) is 0 Å². The number of rotatable bonds is 5. The SMILES string of the molecule is Cc1cc(CNC(=O)N[C@H](C)c2cccc(F)c2F)nc(N(C)C)n1. The number of aryl methyl sites for hydroxylation is 1. The summed E-state index contributed by atoms with van der Waals surface area (Å²) in [4.78, 5) is 22.4. The third kappa shape index (κ3) is 4.85. The molecule has 2 N–H and O–H groups in total. The summed E-state index contributed by atoms with van der Waals surface area (Å²) < 4.78 is 27.0. The first-order valence-electron chi connectivity index (χ1n) is 7.78. The van der Waals surface area contributed by atoms with Crippen LogP contribution in [0.4, 0.5) is 19.5 Å². The van der Waals surface area contributed by atoms with Crippen LogP contribution < -0.4 is 15.5 Å². The largest absolute Gasteiger partial charge is 0.347 e. The molecule has 0 fully saturated rings. The molecule has 0 saturated heterocycles. The fourth-order valence-corrected chi connectivity index (χ4v) is 2.26. The molecule has 0 bridgehead atoms. The van der Waals surface area contributed by atoms with Crippen molar-refractivity contribution < 1.29 is 13.6 Å². The molecule has 25 heavy (non-hydrogen) atoms. The highest BCUT2D eigenvalue weighted by Gasteiger charge is 2.16. The van der Waals surface area contributed by atoms with Gasteiger partial charge in [0, 0.05) is 25.4 Å². The maximum Gasteiger partial charge on any atom is 0.315 e. The van der Waals surface area contributed by atoms with Crippen LogP contribution in [0.2, 0.25) is 0 Å². The number of urea groups is 1. The quantitative estimate of drug-likeness (QED) is 0.871. The van der Waals surface area contributed by atoms with Gasteiger partial charge in [0.25, 0.3) is 0 Å². The highest BCUT2D eigenvalue weighted by molar-refractivity contribution is 5.74. The second kappa shape index (κ2) is 7.87. The van der Waals surface area contributed by atoms with E-state index in [-0.39, 0.29) is 12.1 Å². The van der Waals surface area contributed by atoms with Crippen LogP contribution in [0.15, 0.2) is 24.3 Å². The molecule has 0 unspecified atom stereocenters. The number of anilines is 1. The van der Waals surface area contributed by atoms with E-state index in [2.05, 4.69) is 20.6 Å². The van der Waals surface area contributed by atoms with Crippen molar-refractivity contribution in [3.8, 4) is 0 Å². The van der Waals surface area contributed by atoms with Crippen molar-refractivity contribution >= 4 is 12.0 Å². The Morgan fingerprint density at radius 3 is 2.68 bits per heavy atom. The predicted molar refractivity (Wildman–Crippen MR) is 91.2 cm³/mol. The first-order chi connectivity index (χ1) is 11.8. The van der Waals surface area contributed by atoms with E-state index in [1.54, 1.807) is 17.9 Å². The molecule has 1 aromatic carbocycles. The summed E-state index contributed by atoms with van der Waals surface area (Å²) >= 11 is 0. The van der Waals surface area contributed by atoms with Gasteiger partial charge in [0.05, 0.1) is 18.3 Å². The van der Waals surface area contributed by atoms with Crippen LogP contribution in [0.5, 0.6) is 0 Å². The Hall–Kier alpha value is -2.77. The summed E-state index contributed by atoms with van der Waals surface area (Å²) in [5.74, 6) is -1.36. The minimum atomic E-state index is -0.961. The third-order valence-corrected chi connectivity index (χ3v) is 3.52. The van der Waals surface area contributed by atoms with Crippen LogP contribution in [0.1, 0.15) is 29.9 Å². The Kier molecular flexibility index (Phi) is 5.84. The molecule has 0 radical (unpaired) electrons. The Morgan fingerprint density at radius 2 is 2.00 bits per heavy atom. The molecule has 2 rings (SSSR count). The molecule has 134 valence electrons. The van der Waals surface area contributed by atoms with E-state index in [1.807, 2.05) is 21.0 Å². The van der Waals surface area contributed by atoms with Gasteiger partial charge in [0.15, 0.2) is 11.6 Å². The molecule has 0 aliphatic carbocycles. The highest BCUT2D eigenvalue weighted by atomic mass is 19.2. The number of nitrogens with one attached hydrogen (secondary N) is 2. The number of nitrogens with zero attached hydrogens (tertiary/aromatic N) is 3. The van der Waals surface area contributed by atoms with Crippen molar-refractivity contribution in [3.05, 3.63) is 52.9 Å². The lowest BCUT2D eigenvalue weighted by molar-refractivity contribution is 0.237. The molecule has 0 spiro atoms. The van der Waals surface area contributed by atoms with Gasteiger partial charge in [-0.3, -0.25) is 0 Å². The maximum atomic E-state index is 13.7. The lowest BCUT2D eigenvalue weighted by atomic mass is 10.1. The predicted octanol–water partition coefficient (Wildman–Crippen LogP) is 2.69. The second-order valence-electron chi connectivity index (χ2n) is 5.89. The summed E-state index contributed by atoms with van der Waals surface area (Å²) in [6.07, 6.45) is 0. The van der Waals surface area contributed by atoms with Crippen molar-refractivity contribution in [2.45, 2.75) is 26.4 Å². The number of halogens is 2. The molecule has 8 heteroatoms. The van der Waals surface area contributed by atoms with Gasteiger partial charge in [-0.05, 0) is 26.0 Å². The third-order valence-electron chi connectivity index (χ3n) is 3.52. The summed E-state index contributed by atoms with van der Waals surface area (Å²) in [5.41, 5.74) is 1.52. The Labute approximate surface area is 145 Å². The van der Waals surface area contributed by atoms with Crippen LogP contribution in [0, 0.1) is 18.6 Å². The monoisotopic (exact) mass is 349 g/mol. The van der Waals surface area contributed by atoms with Gasteiger partial charge in [-0.25, -0.2) is 23.5 Å². The first-order valence-corrected chi connectivity index (χ1v) is 7.78. The summed E-state index contributed by atoms with van der Waals surface area (Å²) in [6, 6.07) is 4.45. The molecular formula is C17H21F2N5O. The number of hydrogen-bond donors (Lipinski definition) is 2. The normalized spacial score (nSPS) is 11.8. The molecule has 0 saturated carbocycles. The highest BCUT2D eigenvalue weighted by Crippen LogP contribution is 2.18. The molecule has 1 heterocycles. The van der Waals surface area contributed by atoms with Gasteiger partial charge in [0.1, 0.15) is 0 Å². The van der Waals surface area contributed by atoms with Crippen molar-refractivity contribution in [2.24, 2.45) is 0 Å². The van der Waals surface area contributed by atoms with Gasteiger partial charge in [-0.2, -0.15) is 0 Å². The minimum Gasteiger partial charge on any atom is -0.347 e. The number of benzene rings is 1. The van der Waals surface area contributed by atoms with Gasteiger partial charge in [-0.15, -0.1) is 0 Å². The average Bonchev–Trinajstić information content (AvgIpc) is 2.54. The number of carbonyl (C=O) groups is 1. The van der Waals surface area contributed by atoms with Crippen molar-refractivity contribution in [3.63, 3.8) is 0 Å². The Balaban J connectivity index is 1.98. The average molecular weight is 349 g/mol. The zero-order valence-electron chi connectivity index (χ0n) is 14.6. The maximum absolute atomic E-state index is 13.7. The number of carbonyl (C=O) groups excluding carboxylic acids is 1. The molecule has 1 aromatic heterocycles. The molecular weight excluding hydrogens is 328 g/mol. The number of aromatic nitrogens is 2. The zero-order valence-corrected chi connectivity index (χ0v) is 14.6. The van der Waals surface area contributed by atoms with Crippen LogP contribution in [0.25, 0.3) is 0 Å². The summed E-state index contributed by atoms with van der Waals surface area (Å²) in [6.45, 7) is 3.61. The van der Waals surface area contributed by atoms with Crippen molar-refractivity contribution in [1.82, 2.24) is 20.6 Å². The molecule has 2 amide bonds. The van der Waals surface area contributed by atoms with E-state index in [4.69, 9.17) is 0 Å². The van der Waals surface area contributed by atoms with Crippen LogP contribution >= 0.6 is 0 Å². The van der Waals surface area contributed by atoms with Crippen LogP contribution in [-0.2, 0) is 6.54 Å². The van der Waals surface area contributed by atoms with Gasteiger partial charge >= 0.3 is 6.03 Å². The fourth-order valence-electron chi connectivity index (χ4n) is 2.26. The Morgan fingerprint density at radius 1 is 1.28 bits per heavy atom. The lowest BCUT2D eigenvalue weighted by Crippen LogP contribution is -2.37. The lowest BCUT2D eigenvalue weighted by Gasteiger charge is -2.16. The summed E-state index contributed by atoms with van der Waals surface area (Å²) in [5, 5.41) is 5.23. The van der Waals surface area contributed by atoms with E-state index >= 15 is 0 Å². The Bertz CT molecular complexity index is 767. The standard InChI is InChI=1S/C17H21F2N5O/c1-10-8-12(23-16(21-10)24(3)4)9-20-17(25)22-11(2)13-6-5-7-14(18)15(13)19/h5-8,11H,9H2,1-4H3,(H2,20,22,25)/t11-/m1/s1. The number of amides is 2. The van der Waals surface area contributed by atoms with E-state index in [0.29, 0.717) is 11.6 Å². The van der Waals surface area contributed by atoms with E-state index < -0.39 is 23.7 Å². The second-order valence-corrected chi connectivity index (χ2v) is 5.89. The van der Waals surface area contributed by atoms with Crippen molar-refractivity contribution in [1.29, 1.82) is 0 Å². The van der Waals surface area contributed by atoms with Crippen LogP contribution in [-0.4, -0.2) is 30.1 Å². The fraction of sp³-hybridized carbons (Fsp3) is 0.353. The number of hydrogen-bond acceptors (Lipinski definition) is 4. The molecule has 0 aliphatic rings. The molecule has 0 aliphatic heterocycles. The molecule has 1 atom stereocenters. The smallest absolute Gasteiger partial charge is 0.315 e. The molecule has 6 nitrogen and oxygen atoms in total. The van der Waals surface area contributed by atoms with Gasteiger partial charge in [-0.1, -0.05) is 12.1 Å². The molecule has 2 aromatic rings. The zero-order chi connectivity index (χ0) is 18.6. The van der Waals surface area contributed by atoms with E-state index in [9.17, 15) is 13.6 Å². The topological polar surface area (TPSA) is 70.2 Å². The van der Waals surface area contributed by atoms with Crippen molar-refractivity contribution in [2.75, 3.05) is 19.0 Å². The van der Waals surface area contributed by atoms with Gasteiger partial charge < -0.3 is 15.5 Å². The van der Waals surface area contributed by atoms with E-state index in [1.165, 1.54) is 12.1 Å². The van der Waals surface area contributed by atoms with E-state index in [0.717, 1.165) is 11.8 Å².